The second kappa shape index (κ2) is 9.63. The van der Waals surface area contributed by atoms with Gasteiger partial charge in [0.05, 0.1) is 25.4 Å². The van der Waals surface area contributed by atoms with Gasteiger partial charge in [0, 0.05) is 0 Å². The van der Waals surface area contributed by atoms with E-state index >= 15 is 0 Å². The van der Waals surface area contributed by atoms with Crippen molar-refractivity contribution in [3.05, 3.63) is 17.5 Å². The first-order valence-corrected chi connectivity index (χ1v) is 7.03. The van der Waals surface area contributed by atoms with Gasteiger partial charge in [-0.2, -0.15) is 0 Å². The van der Waals surface area contributed by atoms with E-state index in [9.17, 15) is 10.3 Å². The number of aliphatic hydroxyl groups is 1. The van der Waals surface area contributed by atoms with Gasteiger partial charge in [0.1, 0.15) is 0 Å². The summed E-state index contributed by atoms with van der Waals surface area (Å²) in [7, 11) is 0. The second-order valence-electron chi connectivity index (χ2n) is 4.70. The van der Waals surface area contributed by atoms with Crippen molar-refractivity contribution in [3.8, 4) is 0 Å². The molecule has 0 radical (unpaired) electrons. The summed E-state index contributed by atoms with van der Waals surface area (Å²) in [6, 6.07) is 0. The number of hydroxylamine groups is 3. The third kappa shape index (κ3) is 8.36. The topological polar surface area (TPSA) is 43.3 Å². The molecule has 17 heavy (non-hydrogen) atoms. The van der Waals surface area contributed by atoms with Crippen LogP contribution in [0, 0.1) is 5.21 Å². The summed E-state index contributed by atoms with van der Waals surface area (Å²) in [5, 5.41) is 21.6. The fourth-order valence-corrected chi connectivity index (χ4v) is 1.74. The van der Waals surface area contributed by atoms with Crippen LogP contribution in [-0.4, -0.2) is 28.9 Å². The largest absolute Gasteiger partial charge is 0.628 e. The van der Waals surface area contributed by atoms with Crippen molar-refractivity contribution >= 4 is 0 Å². The molecule has 0 saturated carbocycles. The summed E-state index contributed by atoms with van der Waals surface area (Å²) >= 11 is 0. The van der Waals surface area contributed by atoms with Gasteiger partial charge >= 0.3 is 0 Å². The Hall–Kier alpha value is -0.380. The van der Waals surface area contributed by atoms with Crippen LogP contribution in [-0.2, 0) is 0 Å². The van der Waals surface area contributed by atoms with Crippen molar-refractivity contribution < 1.29 is 9.75 Å². The highest BCUT2D eigenvalue weighted by Gasteiger charge is 2.08. The van der Waals surface area contributed by atoms with Crippen LogP contribution in [0.3, 0.4) is 0 Å². The maximum atomic E-state index is 11.9. The van der Waals surface area contributed by atoms with Crippen LogP contribution < -0.4 is 0 Å². The maximum Gasteiger partial charge on any atom is 0.0944 e. The zero-order valence-corrected chi connectivity index (χ0v) is 11.7. The fraction of sp³-hybridized carbons (Fsp3) is 0.857. The molecule has 0 fully saturated rings. The number of aliphatic hydroxyl groups excluding tert-OH is 1. The number of hydrogen-bond donors (Lipinski definition) is 1. The molecule has 0 aromatic rings. The zero-order valence-electron chi connectivity index (χ0n) is 11.7. The highest BCUT2D eigenvalue weighted by Crippen LogP contribution is 2.10. The first-order valence-electron chi connectivity index (χ1n) is 7.03. The fourth-order valence-electron chi connectivity index (χ4n) is 1.74. The van der Waals surface area contributed by atoms with E-state index in [1.165, 1.54) is 25.7 Å². The molecule has 3 heteroatoms. The average molecular weight is 243 g/mol. The number of quaternary nitrogens is 1. The van der Waals surface area contributed by atoms with Crippen molar-refractivity contribution in [2.24, 2.45) is 0 Å². The Kier molecular flexibility index (Phi) is 9.41. The van der Waals surface area contributed by atoms with Crippen molar-refractivity contribution in [1.82, 2.24) is 0 Å². The van der Waals surface area contributed by atoms with E-state index < -0.39 is 6.10 Å². The molecule has 0 aliphatic rings. The highest BCUT2D eigenvalue weighted by atomic mass is 16.5. The van der Waals surface area contributed by atoms with E-state index in [1.54, 1.807) is 12.3 Å². The van der Waals surface area contributed by atoms with Gasteiger partial charge in [-0.15, -0.1) is 0 Å². The molecule has 0 bridgehead atoms. The van der Waals surface area contributed by atoms with E-state index in [1.807, 2.05) is 13.8 Å². The van der Waals surface area contributed by atoms with Crippen LogP contribution in [0.2, 0.25) is 0 Å². The third-order valence-electron chi connectivity index (χ3n) is 3.25. The van der Waals surface area contributed by atoms with Crippen LogP contribution in [0.4, 0.5) is 0 Å². The van der Waals surface area contributed by atoms with Gasteiger partial charge in [-0.1, -0.05) is 39.0 Å². The standard InChI is InChI=1S/C14H29NO2/c1-4-7-8-9-10-11-14(16)12-13-15(17,5-2)6-3/h12-14,16H,4-11H2,1-3H3/b13-12+. The van der Waals surface area contributed by atoms with Gasteiger partial charge in [-0.05, 0) is 26.3 Å². The van der Waals surface area contributed by atoms with Gasteiger partial charge in [0.2, 0.25) is 0 Å². The first-order chi connectivity index (χ1) is 8.08. The minimum atomic E-state index is -0.457. The van der Waals surface area contributed by atoms with Gasteiger partial charge in [-0.3, -0.25) is 0 Å². The zero-order chi connectivity index (χ0) is 13.1. The molecule has 0 saturated heterocycles. The average Bonchev–Trinajstić information content (AvgIpc) is 2.35. The van der Waals surface area contributed by atoms with Crippen molar-refractivity contribution in [2.45, 2.75) is 65.4 Å². The number of hydrogen-bond acceptors (Lipinski definition) is 2. The molecule has 0 heterocycles. The molecular weight excluding hydrogens is 214 g/mol. The van der Waals surface area contributed by atoms with Crippen LogP contribution in [0.15, 0.2) is 12.3 Å². The molecule has 0 rings (SSSR count). The summed E-state index contributed by atoms with van der Waals surface area (Å²) in [5.41, 5.74) is 0. The molecule has 0 aliphatic heterocycles. The van der Waals surface area contributed by atoms with Gasteiger partial charge in [0.15, 0.2) is 0 Å². The molecule has 0 spiro atoms. The summed E-state index contributed by atoms with van der Waals surface area (Å²) < 4.78 is -0.340. The molecule has 1 atom stereocenters. The lowest BCUT2D eigenvalue weighted by atomic mass is 10.1. The molecule has 0 aliphatic carbocycles. The Morgan fingerprint density at radius 3 is 2.18 bits per heavy atom. The smallest absolute Gasteiger partial charge is 0.0944 e. The molecule has 1 N–H and O–H groups in total. The van der Waals surface area contributed by atoms with Crippen LogP contribution >= 0.6 is 0 Å². The summed E-state index contributed by atoms with van der Waals surface area (Å²) in [6.07, 6.45) is 9.56. The monoisotopic (exact) mass is 243 g/mol. The predicted octanol–water partition coefficient (Wildman–Crippen LogP) is 3.58. The van der Waals surface area contributed by atoms with E-state index in [-0.39, 0.29) is 4.65 Å². The molecule has 1 unspecified atom stereocenters. The molecule has 0 amide bonds. The van der Waals surface area contributed by atoms with Crippen molar-refractivity contribution in [2.75, 3.05) is 13.1 Å². The first kappa shape index (κ1) is 16.6. The predicted molar refractivity (Wildman–Crippen MR) is 73.2 cm³/mol. The lowest BCUT2D eigenvalue weighted by Crippen LogP contribution is -2.35. The van der Waals surface area contributed by atoms with Crippen LogP contribution in [0.1, 0.15) is 59.3 Å². The quantitative estimate of drug-likeness (QED) is 0.362. The Labute approximate surface area is 106 Å². The SMILES string of the molecule is CCCCCCCC(O)/C=C/[N+]([O-])(CC)CC. The normalized spacial score (nSPS) is 14.4. The van der Waals surface area contributed by atoms with E-state index in [0.29, 0.717) is 13.1 Å². The summed E-state index contributed by atoms with van der Waals surface area (Å²) in [5.74, 6) is 0. The molecule has 3 nitrogen and oxygen atoms in total. The number of nitrogens with zero attached hydrogens (tertiary/aromatic N) is 1. The lowest BCUT2D eigenvalue weighted by molar-refractivity contribution is -0.825. The summed E-state index contributed by atoms with van der Waals surface area (Å²) in [4.78, 5) is 0. The van der Waals surface area contributed by atoms with Crippen LogP contribution in [0.25, 0.3) is 0 Å². The van der Waals surface area contributed by atoms with Gasteiger partial charge in [-0.25, -0.2) is 0 Å². The molecular formula is C14H29NO2. The molecule has 102 valence electrons. The summed E-state index contributed by atoms with van der Waals surface area (Å²) in [6.45, 7) is 6.99. The van der Waals surface area contributed by atoms with Gasteiger partial charge in [0.25, 0.3) is 0 Å². The Bertz CT molecular complexity index is 200. The number of rotatable bonds is 10. The maximum absolute atomic E-state index is 11.9. The van der Waals surface area contributed by atoms with E-state index in [4.69, 9.17) is 0 Å². The van der Waals surface area contributed by atoms with Gasteiger partial charge < -0.3 is 15.0 Å². The Morgan fingerprint density at radius 2 is 1.65 bits per heavy atom. The van der Waals surface area contributed by atoms with E-state index in [0.717, 1.165) is 12.8 Å². The van der Waals surface area contributed by atoms with Crippen molar-refractivity contribution in [1.29, 1.82) is 0 Å². The third-order valence-corrected chi connectivity index (χ3v) is 3.25. The number of unbranched alkanes of at least 4 members (excludes halogenated alkanes) is 4. The van der Waals surface area contributed by atoms with Crippen molar-refractivity contribution in [3.63, 3.8) is 0 Å². The lowest BCUT2D eigenvalue weighted by Gasteiger charge is -2.36. The van der Waals surface area contributed by atoms with E-state index in [2.05, 4.69) is 6.92 Å². The minimum absolute atomic E-state index is 0.340. The Balaban J connectivity index is 3.77. The highest BCUT2D eigenvalue weighted by molar-refractivity contribution is 4.83. The molecule has 0 aromatic heterocycles. The molecule has 0 aromatic carbocycles. The second-order valence-corrected chi connectivity index (χ2v) is 4.70. The minimum Gasteiger partial charge on any atom is -0.628 e. The van der Waals surface area contributed by atoms with Crippen LogP contribution in [0.5, 0.6) is 0 Å². The Morgan fingerprint density at radius 1 is 1.06 bits per heavy atom.